The van der Waals surface area contributed by atoms with Crippen LogP contribution in [0.25, 0.3) is 0 Å². The Balaban J connectivity index is 2.16. The van der Waals surface area contributed by atoms with Gasteiger partial charge in [-0.25, -0.2) is 0 Å². The van der Waals surface area contributed by atoms with Gasteiger partial charge in [-0.1, -0.05) is 37.3 Å². The van der Waals surface area contributed by atoms with Gasteiger partial charge < -0.3 is 10.6 Å². The average Bonchev–Trinajstić information content (AvgIpc) is 2.29. The molecule has 0 bridgehead atoms. The highest BCUT2D eigenvalue weighted by molar-refractivity contribution is 5.56. The SMILES string of the molecule is CC1Cc2ccccc2N(CC=CCN)C1. The lowest BCUT2D eigenvalue weighted by Crippen LogP contribution is -2.34. The summed E-state index contributed by atoms with van der Waals surface area (Å²) in [5.41, 5.74) is 8.33. The van der Waals surface area contributed by atoms with E-state index in [4.69, 9.17) is 5.73 Å². The molecule has 2 heteroatoms. The molecule has 16 heavy (non-hydrogen) atoms. The standard InChI is InChI=1S/C14H20N2/c1-12-10-13-6-2-3-7-14(13)16(11-12)9-5-4-8-15/h2-7,12H,8-11,15H2,1H3. The zero-order valence-electron chi connectivity index (χ0n) is 9.89. The first kappa shape index (κ1) is 11.2. The third-order valence-corrected chi connectivity index (χ3v) is 3.06. The molecule has 1 unspecified atom stereocenters. The molecule has 1 heterocycles. The van der Waals surface area contributed by atoms with E-state index in [1.807, 2.05) is 6.08 Å². The largest absolute Gasteiger partial charge is 0.367 e. The fraction of sp³-hybridized carbons (Fsp3) is 0.429. The zero-order valence-corrected chi connectivity index (χ0v) is 9.89. The van der Waals surface area contributed by atoms with Gasteiger partial charge in [0.05, 0.1) is 0 Å². The molecule has 2 nitrogen and oxygen atoms in total. The van der Waals surface area contributed by atoms with Crippen LogP contribution < -0.4 is 10.6 Å². The quantitative estimate of drug-likeness (QED) is 0.785. The predicted molar refractivity (Wildman–Crippen MR) is 69.7 cm³/mol. The molecule has 86 valence electrons. The van der Waals surface area contributed by atoms with Crippen LogP contribution in [0.5, 0.6) is 0 Å². The van der Waals surface area contributed by atoms with E-state index in [1.54, 1.807) is 0 Å². The summed E-state index contributed by atoms with van der Waals surface area (Å²) in [6, 6.07) is 8.71. The van der Waals surface area contributed by atoms with E-state index < -0.39 is 0 Å². The van der Waals surface area contributed by atoms with Crippen molar-refractivity contribution in [1.29, 1.82) is 0 Å². The molecule has 1 aromatic carbocycles. The third kappa shape index (κ3) is 2.45. The first-order chi connectivity index (χ1) is 7.81. The van der Waals surface area contributed by atoms with Crippen LogP contribution in [0.4, 0.5) is 5.69 Å². The molecular weight excluding hydrogens is 196 g/mol. The van der Waals surface area contributed by atoms with Crippen LogP contribution in [0.1, 0.15) is 12.5 Å². The third-order valence-electron chi connectivity index (χ3n) is 3.06. The maximum absolute atomic E-state index is 5.46. The van der Waals surface area contributed by atoms with Gasteiger partial charge in [0.25, 0.3) is 0 Å². The van der Waals surface area contributed by atoms with Crippen molar-refractivity contribution in [3.05, 3.63) is 42.0 Å². The second kappa shape index (κ2) is 5.17. The number of fused-ring (bicyclic) bond motifs is 1. The molecule has 2 rings (SSSR count). The number of rotatable bonds is 3. The number of hydrogen-bond acceptors (Lipinski definition) is 2. The summed E-state index contributed by atoms with van der Waals surface area (Å²) in [7, 11) is 0. The van der Waals surface area contributed by atoms with Crippen molar-refractivity contribution >= 4 is 5.69 Å². The molecular formula is C14H20N2. The number of hydrogen-bond donors (Lipinski definition) is 1. The van der Waals surface area contributed by atoms with Crippen molar-refractivity contribution in [3.8, 4) is 0 Å². The van der Waals surface area contributed by atoms with Gasteiger partial charge >= 0.3 is 0 Å². The zero-order chi connectivity index (χ0) is 11.4. The Morgan fingerprint density at radius 2 is 2.19 bits per heavy atom. The topological polar surface area (TPSA) is 29.3 Å². The Morgan fingerprint density at radius 1 is 1.38 bits per heavy atom. The van der Waals surface area contributed by atoms with Gasteiger partial charge in [-0.15, -0.1) is 0 Å². The summed E-state index contributed by atoms with van der Waals surface area (Å²) in [5, 5.41) is 0. The number of nitrogens with two attached hydrogens (primary N) is 1. The summed E-state index contributed by atoms with van der Waals surface area (Å²) < 4.78 is 0. The highest BCUT2D eigenvalue weighted by Crippen LogP contribution is 2.28. The Labute approximate surface area is 97.8 Å². The minimum Gasteiger partial charge on any atom is -0.367 e. The molecule has 0 fully saturated rings. The lowest BCUT2D eigenvalue weighted by molar-refractivity contribution is 0.543. The van der Waals surface area contributed by atoms with Crippen molar-refractivity contribution in [1.82, 2.24) is 0 Å². The van der Waals surface area contributed by atoms with E-state index in [0.29, 0.717) is 6.54 Å². The minimum atomic E-state index is 0.630. The van der Waals surface area contributed by atoms with E-state index in [0.717, 1.165) is 19.0 Å². The molecule has 0 aromatic heterocycles. The van der Waals surface area contributed by atoms with E-state index in [-0.39, 0.29) is 0 Å². The first-order valence-corrected chi connectivity index (χ1v) is 5.99. The summed E-state index contributed by atoms with van der Waals surface area (Å²) in [6.07, 6.45) is 5.39. The van der Waals surface area contributed by atoms with Crippen LogP contribution in [-0.4, -0.2) is 19.6 Å². The van der Waals surface area contributed by atoms with E-state index in [1.165, 1.54) is 17.7 Å². The summed E-state index contributed by atoms with van der Waals surface area (Å²) >= 11 is 0. The van der Waals surface area contributed by atoms with E-state index in [9.17, 15) is 0 Å². The average molecular weight is 216 g/mol. The van der Waals surface area contributed by atoms with Crippen LogP contribution >= 0.6 is 0 Å². The molecule has 1 aromatic rings. The van der Waals surface area contributed by atoms with Crippen LogP contribution in [-0.2, 0) is 6.42 Å². The first-order valence-electron chi connectivity index (χ1n) is 5.99. The van der Waals surface area contributed by atoms with Gasteiger partial charge in [0, 0.05) is 25.3 Å². The van der Waals surface area contributed by atoms with Crippen LogP contribution in [0, 0.1) is 5.92 Å². The van der Waals surface area contributed by atoms with E-state index >= 15 is 0 Å². The van der Waals surface area contributed by atoms with Gasteiger partial charge in [-0.2, -0.15) is 0 Å². The van der Waals surface area contributed by atoms with Gasteiger partial charge in [0.2, 0.25) is 0 Å². The highest BCUT2D eigenvalue weighted by atomic mass is 15.1. The second-order valence-corrected chi connectivity index (χ2v) is 4.55. The Morgan fingerprint density at radius 3 is 3.00 bits per heavy atom. The molecule has 0 saturated heterocycles. The van der Waals surface area contributed by atoms with Gasteiger partial charge in [-0.05, 0) is 24.0 Å². The summed E-state index contributed by atoms with van der Waals surface area (Å²) in [6.45, 7) is 5.06. The highest BCUT2D eigenvalue weighted by Gasteiger charge is 2.19. The number of benzene rings is 1. The van der Waals surface area contributed by atoms with Crippen LogP contribution in [0.15, 0.2) is 36.4 Å². The van der Waals surface area contributed by atoms with Crippen molar-refractivity contribution in [2.45, 2.75) is 13.3 Å². The van der Waals surface area contributed by atoms with Crippen molar-refractivity contribution < 1.29 is 0 Å². The molecule has 0 saturated carbocycles. The summed E-state index contributed by atoms with van der Waals surface area (Å²) in [5.74, 6) is 0.737. The Bertz CT molecular complexity index is 371. The van der Waals surface area contributed by atoms with Gasteiger partial charge in [0.1, 0.15) is 0 Å². The van der Waals surface area contributed by atoms with Gasteiger partial charge in [0.15, 0.2) is 0 Å². The second-order valence-electron chi connectivity index (χ2n) is 4.55. The molecule has 1 aliphatic rings. The predicted octanol–water partition coefficient (Wildman–Crippen LogP) is 2.20. The molecule has 0 radical (unpaired) electrons. The van der Waals surface area contributed by atoms with Crippen molar-refractivity contribution in [2.75, 3.05) is 24.5 Å². The molecule has 1 atom stereocenters. The van der Waals surface area contributed by atoms with Crippen LogP contribution in [0.3, 0.4) is 0 Å². The minimum absolute atomic E-state index is 0.630. The van der Waals surface area contributed by atoms with Gasteiger partial charge in [-0.3, -0.25) is 0 Å². The smallest absolute Gasteiger partial charge is 0.0401 e. The normalized spacial score (nSPS) is 20.1. The maximum atomic E-state index is 5.46. The molecule has 0 aliphatic carbocycles. The monoisotopic (exact) mass is 216 g/mol. The Hall–Kier alpha value is -1.28. The molecule has 1 aliphatic heterocycles. The lowest BCUT2D eigenvalue weighted by Gasteiger charge is -2.34. The number of anilines is 1. The molecule has 0 spiro atoms. The van der Waals surface area contributed by atoms with E-state index in [2.05, 4.69) is 42.2 Å². The van der Waals surface area contributed by atoms with Crippen LogP contribution in [0.2, 0.25) is 0 Å². The number of para-hydroxylation sites is 1. The fourth-order valence-corrected chi connectivity index (χ4v) is 2.38. The molecule has 0 amide bonds. The maximum Gasteiger partial charge on any atom is 0.0401 e. The van der Waals surface area contributed by atoms with Crippen molar-refractivity contribution in [2.24, 2.45) is 11.7 Å². The number of nitrogens with zero attached hydrogens (tertiary/aromatic N) is 1. The summed E-state index contributed by atoms with van der Waals surface area (Å²) in [4.78, 5) is 2.44. The Kier molecular flexibility index (Phi) is 3.62. The molecule has 2 N–H and O–H groups in total. The lowest BCUT2D eigenvalue weighted by atomic mass is 9.94. The fourth-order valence-electron chi connectivity index (χ4n) is 2.38. The van der Waals surface area contributed by atoms with Crippen molar-refractivity contribution in [3.63, 3.8) is 0 Å².